The van der Waals surface area contributed by atoms with Gasteiger partial charge in [0, 0.05) is 0 Å². The fourth-order valence-electron chi connectivity index (χ4n) is 1.76. The van der Waals surface area contributed by atoms with Gasteiger partial charge in [-0.1, -0.05) is 0 Å². The van der Waals surface area contributed by atoms with Crippen molar-refractivity contribution in [2.24, 2.45) is 11.5 Å². The lowest BCUT2D eigenvalue weighted by Gasteiger charge is -2.22. The summed E-state index contributed by atoms with van der Waals surface area (Å²) in [4.78, 5) is 68.5. The highest BCUT2D eigenvalue weighted by atomic mass is 16.4. The Hall–Kier alpha value is -3.22. The Morgan fingerprint density at radius 2 is 1.33 bits per heavy atom. The number of hydrogen-bond acceptors (Lipinski definition) is 7. The number of carbonyl (C=O) groups is 6. The molecule has 0 aliphatic heterocycles. The quantitative estimate of drug-likeness (QED) is 0.183. The van der Waals surface area contributed by atoms with Gasteiger partial charge in [0.1, 0.15) is 18.1 Å². The lowest BCUT2D eigenvalue weighted by molar-refractivity contribution is -0.147. The van der Waals surface area contributed by atoms with Gasteiger partial charge in [-0.25, -0.2) is 4.79 Å². The van der Waals surface area contributed by atoms with Gasteiger partial charge in [-0.2, -0.15) is 0 Å². The molecule has 152 valence electrons. The first-order valence-electron chi connectivity index (χ1n) is 7.74. The zero-order chi connectivity index (χ0) is 21.3. The minimum atomic E-state index is -1.78. The summed E-state index contributed by atoms with van der Waals surface area (Å²) in [6, 6.07) is -5.36. The Kier molecular flexibility index (Phi) is 9.42. The second-order valence-corrected chi connectivity index (χ2v) is 5.75. The number of rotatable bonds is 11. The van der Waals surface area contributed by atoms with Gasteiger partial charge in [0.2, 0.25) is 23.6 Å². The van der Waals surface area contributed by atoms with Crippen LogP contribution in [0, 0.1) is 0 Å². The van der Waals surface area contributed by atoms with E-state index < -0.39 is 72.6 Å². The van der Waals surface area contributed by atoms with E-state index in [0.717, 1.165) is 0 Å². The molecule has 0 heterocycles. The van der Waals surface area contributed by atoms with Crippen LogP contribution in [-0.4, -0.2) is 69.9 Å². The van der Waals surface area contributed by atoms with Crippen molar-refractivity contribution in [1.29, 1.82) is 0 Å². The molecule has 0 aliphatic carbocycles. The maximum atomic E-state index is 12.2. The van der Waals surface area contributed by atoms with Gasteiger partial charge < -0.3 is 37.6 Å². The molecule has 0 aliphatic rings. The van der Waals surface area contributed by atoms with Gasteiger partial charge in [0.05, 0.1) is 18.9 Å². The van der Waals surface area contributed by atoms with Crippen LogP contribution in [-0.2, 0) is 28.8 Å². The average Bonchev–Trinajstić information content (AvgIpc) is 2.51. The molecule has 0 rings (SSSR count). The summed E-state index contributed by atoms with van der Waals surface area (Å²) in [5.41, 5.74) is 10.4. The molecule has 4 atom stereocenters. The second kappa shape index (κ2) is 10.7. The van der Waals surface area contributed by atoms with Crippen LogP contribution in [0.1, 0.15) is 26.7 Å². The third-order valence-electron chi connectivity index (χ3n) is 3.20. The first-order valence-corrected chi connectivity index (χ1v) is 7.74. The number of carboxylic acid groups (broad SMARTS) is 2. The van der Waals surface area contributed by atoms with Crippen molar-refractivity contribution in [2.75, 3.05) is 0 Å². The first-order chi connectivity index (χ1) is 12.3. The van der Waals surface area contributed by atoms with Crippen LogP contribution in [0.25, 0.3) is 0 Å². The zero-order valence-electron chi connectivity index (χ0n) is 14.7. The fraction of sp³-hybridized carbons (Fsp3) is 0.571. The van der Waals surface area contributed by atoms with Crippen LogP contribution in [0.5, 0.6) is 0 Å². The molecule has 13 nitrogen and oxygen atoms in total. The van der Waals surface area contributed by atoms with E-state index in [1.54, 1.807) is 0 Å². The standard InChI is InChI=1S/C14H23N5O8/c1-5(15)11(23)17-6(2)12(24)18-7(3-9(16)20)13(25)19-8(14(26)27)4-10(21)22/h5-8H,3-4,15H2,1-2H3,(H2,16,20)(H,17,23)(H,18,24)(H,19,25)(H,21,22)(H,26,27). The summed E-state index contributed by atoms with van der Waals surface area (Å²) in [6.07, 6.45) is -1.59. The maximum Gasteiger partial charge on any atom is 0.326 e. The van der Waals surface area contributed by atoms with Crippen molar-refractivity contribution < 1.29 is 39.0 Å². The highest BCUT2D eigenvalue weighted by Crippen LogP contribution is 1.99. The van der Waals surface area contributed by atoms with Crippen LogP contribution in [0.4, 0.5) is 0 Å². The molecule has 0 radical (unpaired) electrons. The number of aliphatic carboxylic acids is 2. The van der Waals surface area contributed by atoms with Gasteiger partial charge in [0.25, 0.3) is 0 Å². The molecule has 0 aromatic carbocycles. The Morgan fingerprint density at radius 3 is 1.74 bits per heavy atom. The van der Waals surface area contributed by atoms with E-state index in [1.165, 1.54) is 13.8 Å². The van der Waals surface area contributed by atoms with Gasteiger partial charge in [-0.3, -0.25) is 24.0 Å². The van der Waals surface area contributed by atoms with E-state index in [0.29, 0.717) is 0 Å². The Morgan fingerprint density at radius 1 is 0.815 bits per heavy atom. The minimum Gasteiger partial charge on any atom is -0.481 e. The summed E-state index contributed by atoms with van der Waals surface area (Å²) in [5.74, 6) is -6.70. The molecular weight excluding hydrogens is 366 g/mol. The number of nitrogens with one attached hydrogen (secondary N) is 3. The number of carbonyl (C=O) groups excluding carboxylic acids is 4. The predicted octanol–water partition coefficient (Wildman–Crippen LogP) is -3.76. The smallest absolute Gasteiger partial charge is 0.326 e. The molecule has 0 fully saturated rings. The molecule has 0 spiro atoms. The molecule has 4 amide bonds. The van der Waals surface area contributed by atoms with E-state index in [2.05, 4.69) is 10.6 Å². The summed E-state index contributed by atoms with van der Waals surface area (Å²) in [7, 11) is 0. The van der Waals surface area contributed by atoms with Crippen LogP contribution in [0.2, 0.25) is 0 Å². The molecule has 27 heavy (non-hydrogen) atoms. The second-order valence-electron chi connectivity index (χ2n) is 5.75. The fourth-order valence-corrected chi connectivity index (χ4v) is 1.76. The van der Waals surface area contributed by atoms with Crippen LogP contribution in [0.15, 0.2) is 0 Å². The summed E-state index contributed by atoms with van der Waals surface area (Å²) in [5, 5.41) is 23.9. The summed E-state index contributed by atoms with van der Waals surface area (Å²) >= 11 is 0. The van der Waals surface area contributed by atoms with Crippen molar-refractivity contribution in [3.8, 4) is 0 Å². The Labute approximate surface area is 153 Å². The number of nitrogens with two attached hydrogens (primary N) is 2. The molecule has 0 aromatic heterocycles. The molecular formula is C14H23N5O8. The monoisotopic (exact) mass is 389 g/mol. The average molecular weight is 389 g/mol. The van der Waals surface area contributed by atoms with Gasteiger partial charge >= 0.3 is 11.9 Å². The van der Waals surface area contributed by atoms with Crippen molar-refractivity contribution >= 4 is 35.6 Å². The van der Waals surface area contributed by atoms with Gasteiger partial charge in [0.15, 0.2) is 0 Å². The minimum absolute atomic E-state index is 0.638. The molecule has 9 N–H and O–H groups in total. The Balaban J connectivity index is 5.14. The topological polar surface area (TPSA) is 231 Å². The Bertz CT molecular complexity index is 621. The van der Waals surface area contributed by atoms with E-state index in [9.17, 15) is 28.8 Å². The summed E-state index contributed by atoms with van der Waals surface area (Å²) < 4.78 is 0. The highest BCUT2D eigenvalue weighted by Gasteiger charge is 2.30. The highest BCUT2D eigenvalue weighted by molar-refractivity contribution is 5.96. The number of hydrogen-bond donors (Lipinski definition) is 7. The third kappa shape index (κ3) is 9.15. The van der Waals surface area contributed by atoms with E-state index in [1.807, 2.05) is 5.32 Å². The molecule has 0 saturated heterocycles. The van der Waals surface area contributed by atoms with Crippen molar-refractivity contribution in [1.82, 2.24) is 16.0 Å². The van der Waals surface area contributed by atoms with E-state index >= 15 is 0 Å². The number of carboxylic acids is 2. The number of primary amides is 1. The van der Waals surface area contributed by atoms with E-state index in [4.69, 9.17) is 21.7 Å². The van der Waals surface area contributed by atoms with Crippen molar-refractivity contribution in [2.45, 2.75) is 50.9 Å². The molecule has 0 aromatic rings. The lowest BCUT2D eigenvalue weighted by Crippen LogP contribution is -2.57. The predicted molar refractivity (Wildman–Crippen MR) is 88.8 cm³/mol. The van der Waals surface area contributed by atoms with Crippen molar-refractivity contribution in [3.05, 3.63) is 0 Å². The largest absolute Gasteiger partial charge is 0.481 e. The maximum absolute atomic E-state index is 12.2. The molecule has 0 bridgehead atoms. The third-order valence-corrected chi connectivity index (χ3v) is 3.20. The lowest BCUT2D eigenvalue weighted by atomic mass is 10.1. The number of amides is 4. The van der Waals surface area contributed by atoms with Gasteiger partial charge in [-0.15, -0.1) is 0 Å². The van der Waals surface area contributed by atoms with E-state index in [-0.39, 0.29) is 0 Å². The normalized spacial score (nSPS) is 14.8. The van der Waals surface area contributed by atoms with Crippen LogP contribution < -0.4 is 27.4 Å². The molecule has 13 heteroatoms. The van der Waals surface area contributed by atoms with Crippen LogP contribution >= 0.6 is 0 Å². The molecule has 0 saturated carbocycles. The van der Waals surface area contributed by atoms with Crippen molar-refractivity contribution in [3.63, 3.8) is 0 Å². The molecule has 4 unspecified atom stereocenters. The SMILES string of the molecule is CC(N)C(=O)NC(C)C(=O)NC(CC(N)=O)C(=O)NC(CC(=O)O)C(=O)O. The summed E-state index contributed by atoms with van der Waals surface area (Å²) in [6.45, 7) is 2.68. The zero-order valence-corrected chi connectivity index (χ0v) is 14.7. The van der Waals surface area contributed by atoms with Crippen LogP contribution in [0.3, 0.4) is 0 Å². The van der Waals surface area contributed by atoms with Gasteiger partial charge in [-0.05, 0) is 13.8 Å². The first kappa shape index (κ1) is 23.8.